The molecule has 7 heteroatoms. The van der Waals surface area contributed by atoms with Gasteiger partial charge in [-0.3, -0.25) is 0 Å². The van der Waals surface area contributed by atoms with Crippen molar-refractivity contribution in [2.75, 3.05) is 38.1 Å². The predicted molar refractivity (Wildman–Crippen MR) is 104 cm³/mol. The molecule has 0 unspecified atom stereocenters. The number of aromatic amines is 1. The van der Waals surface area contributed by atoms with Gasteiger partial charge in [0.25, 0.3) is 0 Å². The van der Waals surface area contributed by atoms with E-state index in [1.165, 1.54) is 6.33 Å². The highest BCUT2D eigenvalue weighted by Crippen LogP contribution is 2.33. The van der Waals surface area contributed by atoms with Crippen LogP contribution in [-0.2, 0) is 0 Å². The third-order valence-corrected chi connectivity index (χ3v) is 5.07. The van der Waals surface area contributed by atoms with Crippen LogP contribution in [0.25, 0.3) is 10.9 Å². The summed E-state index contributed by atoms with van der Waals surface area (Å²) in [6, 6.07) is 8.23. The van der Waals surface area contributed by atoms with E-state index in [1.54, 1.807) is 0 Å². The number of aryl methyl sites for hydroxylation is 2. The number of benzene rings is 1. The highest BCUT2D eigenvalue weighted by molar-refractivity contribution is 5.86. The number of nitriles is 1. The Hall–Kier alpha value is -3.11. The number of piperazine rings is 1. The third kappa shape index (κ3) is 3.20. The van der Waals surface area contributed by atoms with E-state index in [2.05, 4.69) is 43.9 Å². The van der Waals surface area contributed by atoms with Gasteiger partial charge in [0.15, 0.2) is 11.4 Å². The summed E-state index contributed by atoms with van der Waals surface area (Å²) in [7, 11) is 2.10. The lowest BCUT2D eigenvalue weighted by atomic mass is 10.1. The van der Waals surface area contributed by atoms with Crippen LogP contribution in [0.4, 0.5) is 5.82 Å². The normalized spacial score (nSPS) is 15.1. The molecule has 27 heavy (non-hydrogen) atoms. The second-order valence-electron chi connectivity index (χ2n) is 6.98. The first-order valence-corrected chi connectivity index (χ1v) is 9.02. The smallest absolute Gasteiger partial charge is 0.242 e. The van der Waals surface area contributed by atoms with Gasteiger partial charge >= 0.3 is 0 Å². The number of rotatable bonds is 3. The largest absolute Gasteiger partial charge is 0.437 e. The number of nitrogens with one attached hydrogen (secondary N) is 1. The Morgan fingerprint density at radius 2 is 1.93 bits per heavy atom. The molecule has 0 aliphatic carbocycles. The molecule has 1 fully saturated rings. The standard InChI is InChI=1S/C20H22N6O/c1-13-10-15-14(2)18(5-4-17(15)24-13)27-20-16(11-21)19(22-12-23-20)26-8-6-25(3)7-9-26/h4-5,10,12,24H,6-9H2,1-3H3. The summed E-state index contributed by atoms with van der Waals surface area (Å²) in [5.41, 5.74) is 3.56. The molecule has 1 saturated heterocycles. The summed E-state index contributed by atoms with van der Waals surface area (Å²) in [6.45, 7) is 7.58. The van der Waals surface area contributed by atoms with Crippen LogP contribution in [0.15, 0.2) is 24.5 Å². The fraction of sp³-hybridized carbons (Fsp3) is 0.350. The number of fused-ring (bicyclic) bond motifs is 1. The second kappa shape index (κ2) is 6.89. The molecule has 1 N–H and O–H groups in total. The van der Waals surface area contributed by atoms with Gasteiger partial charge in [0, 0.05) is 48.3 Å². The molecule has 2 aromatic heterocycles. The van der Waals surface area contributed by atoms with E-state index in [1.807, 2.05) is 26.0 Å². The number of anilines is 1. The zero-order valence-electron chi connectivity index (χ0n) is 15.8. The number of hydrogen-bond donors (Lipinski definition) is 1. The van der Waals surface area contributed by atoms with Crippen LogP contribution < -0.4 is 9.64 Å². The molecule has 0 atom stereocenters. The molecule has 7 nitrogen and oxygen atoms in total. The van der Waals surface area contributed by atoms with E-state index in [0.29, 0.717) is 23.0 Å². The SMILES string of the molecule is Cc1cc2c(C)c(Oc3ncnc(N4CCN(C)CC4)c3C#N)ccc2[nH]1. The van der Waals surface area contributed by atoms with Crippen molar-refractivity contribution < 1.29 is 4.74 Å². The molecule has 4 rings (SSSR count). The molecule has 3 aromatic rings. The Kier molecular flexibility index (Phi) is 4.42. The summed E-state index contributed by atoms with van der Waals surface area (Å²) in [6.07, 6.45) is 1.47. The lowest BCUT2D eigenvalue weighted by Crippen LogP contribution is -2.45. The Morgan fingerprint density at radius 3 is 2.67 bits per heavy atom. The predicted octanol–water partition coefficient (Wildman–Crippen LogP) is 2.99. The minimum atomic E-state index is 0.302. The van der Waals surface area contributed by atoms with Crippen molar-refractivity contribution in [3.05, 3.63) is 41.3 Å². The maximum Gasteiger partial charge on any atom is 0.242 e. The topological polar surface area (TPSA) is 81.1 Å². The fourth-order valence-corrected chi connectivity index (χ4v) is 3.48. The quantitative estimate of drug-likeness (QED) is 0.771. The molecule has 0 amide bonds. The molecular formula is C20H22N6O. The Labute approximate surface area is 158 Å². The van der Waals surface area contributed by atoms with Crippen LogP contribution in [0.1, 0.15) is 16.8 Å². The molecular weight excluding hydrogens is 340 g/mol. The number of H-pyrrole nitrogens is 1. The van der Waals surface area contributed by atoms with Crippen molar-refractivity contribution in [1.29, 1.82) is 5.26 Å². The molecule has 1 aliphatic rings. The first kappa shape index (κ1) is 17.3. The Morgan fingerprint density at radius 1 is 1.15 bits per heavy atom. The number of aromatic nitrogens is 3. The summed E-state index contributed by atoms with van der Waals surface area (Å²) in [5, 5.41) is 10.9. The lowest BCUT2D eigenvalue weighted by molar-refractivity contribution is 0.311. The van der Waals surface area contributed by atoms with E-state index in [9.17, 15) is 5.26 Å². The first-order valence-electron chi connectivity index (χ1n) is 9.02. The number of likely N-dealkylation sites (N-methyl/N-ethyl adjacent to an activating group) is 1. The molecule has 1 aliphatic heterocycles. The van der Waals surface area contributed by atoms with Gasteiger partial charge in [-0.05, 0) is 39.1 Å². The summed E-state index contributed by atoms with van der Waals surface area (Å²) in [5.74, 6) is 1.64. The van der Waals surface area contributed by atoms with E-state index >= 15 is 0 Å². The van der Waals surface area contributed by atoms with Crippen molar-refractivity contribution in [1.82, 2.24) is 19.9 Å². The van der Waals surface area contributed by atoms with Gasteiger partial charge in [0.05, 0.1) is 0 Å². The minimum Gasteiger partial charge on any atom is -0.437 e. The molecule has 3 heterocycles. The van der Waals surface area contributed by atoms with Gasteiger partial charge in [-0.25, -0.2) is 9.97 Å². The van der Waals surface area contributed by atoms with Gasteiger partial charge in [-0.15, -0.1) is 0 Å². The molecule has 0 radical (unpaired) electrons. The molecule has 0 saturated carbocycles. The van der Waals surface area contributed by atoms with Gasteiger partial charge in [-0.2, -0.15) is 5.26 Å². The van der Waals surface area contributed by atoms with Crippen LogP contribution >= 0.6 is 0 Å². The maximum atomic E-state index is 9.75. The van der Waals surface area contributed by atoms with E-state index in [4.69, 9.17) is 4.74 Å². The highest BCUT2D eigenvalue weighted by Gasteiger charge is 2.22. The van der Waals surface area contributed by atoms with Crippen molar-refractivity contribution in [3.8, 4) is 17.7 Å². The van der Waals surface area contributed by atoms with Crippen LogP contribution in [0.5, 0.6) is 11.6 Å². The highest BCUT2D eigenvalue weighted by atomic mass is 16.5. The van der Waals surface area contributed by atoms with Crippen molar-refractivity contribution in [2.45, 2.75) is 13.8 Å². The first-order chi connectivity index (χ1) is 13.1. The summed E-state index contributed by atoms with van der Waals surface area (Å²) < 4.78 is 6.08. The second-order valence-corrected chi connectivity index (χ2v) is 6.98. The van der Waals surface area contributed by atoms with E-state index < -0.39 is 0 Å². The van der Waals surface area contributed by atoms with Crippen molar-refractivity contribution >= 4 is 16.7 Å². The van der Waals surface area contributed by atoms with Crippen LogP contribution in [0.2, 0.25) is 0 Å². The molecule has 0 spiro atoms. The molecule has 1 aromatic carbocycles. The average Bonchev–Trinajstić information content (AvgIpc) is 3.06. The van der Waals surface area contributed by atoms with Crippen LogP contribution in [0.3, 0.4) is 0 Å². The van der Waals surface area contributed by atoms with Crippen LogP contribution in [-0.4, -0.2) is 53.1 Å². The van der Waals surface area contributed by atoms with Crippen molar-refractivity contribution in [2.24, 2.45) is 0 Å². The Balaban J connectivity index is 1.69. The number of nitrogens with zero attached hydrogens (tertiary/aromatic N) is 5. The van der Waals surface area contributed by atoms with Crippen molar-refractivity contribution in [3.63, 3.8) is 0 Å². The van der Waals surface area contributed by atoms with E-state index in [-0.39, 0.29) is 0 Å². The Bertz CT molecular complexity index is 1030. The summed E-state index contributed by atoms with van der Waals surface area (Å²) >= 11 is 0. The average molecular weight is 362 g/mol. The summed E-state index contributed by atoms with van der Waals surface area (Å²) in [4.78, 5) is 16.3. The zero-order chi connectivity index (χ0) is 19.0. The fourth-order valence-electron chi connectivity index (χ4n) is 3.48. The monoisotopic (exact) mass is 362 g/mol. The molecule has 0 bridgehead atoms. The van der Waals surface area contributed by atoms with E-state index in [0.717, 1.165) is 48.3 Å². The van der Waals surface area contributed by atoms with Gasteiger partial charge < -0.3 is 19.5 Å². The van der Waals surface area contributed by atoms with Gasteiger partial charge in [-0.1, -0.05) is 0 Å². The molecule has 138 valence electrons. The van der Waals surface area contributed by atoms with Gasteiger partial charge in [0.1, 0.15) is 18.1 Å². The number of ether oxygens (including phenoxy) is 1. The maximum absolute atomic E-state index is 9.75. The number of hydrogen-bond acceptors (Lipinski definition) is 6. The third-order valence-electron chi connectivity index (χ3n) is 5.07. The zero-order valence-corrected chi connectivity index (χ0v) is 15.8. The minimum absolute atomic E-state index is 0.302. The van der Waals surface area contributed by atoms with Crippen LogP contribution in [0, 0.1) is 25.2 Å². The van der Waals surface area contributed by atoms with Gasteiger partial charge in [0.2, 0.25) is 5.88 Å². The lowest BCUT2D eigenvalue weighted by Gasteiger charge is -2.33.